The first kappa shape index (κ1) is 12.6. The summed E-state index contributed by atoms with van der Waals surface area (Å²) in [6.45, 7) is 1.31. The maximum Gasteiger partial charge on any atom is 0.308 e. The van der Waals surface area contributed by atoms with E-state index in [2.05, 4.69) is 15.1 Å². The Morgan fingerprint density at radius 2 is 2.20 bits per heavy atom. The zero-order chi connectivity index (χ0) is 13.9. The van der Waals surface area contributed by atoms with Gasteiger partial charge in [-0.15, -0.1) is 0 Å². The van der Waals surface area contributed by atoms with Crippen LogP contribution in [0.4, 0.5) is 5.82 Å². The van der Waals surface area contributed by atoms with E-state index in [1.54, 1.807) is 10.9 Å². The molecule has 20 heavy (non-hydrogen) atoms. The molecule has 0 aliphatic carbocycles. The molecule has 3 heterocycles. The lowest BCUT2D eigenvalue weighted by molar-refractivity contribution is -0.141. The van der Waals surface area contributed by atoms with Crippen LogP contribution in [0.5, 0.6) is 0 Å². The third-order valence-electron chi connectivity index (χ3n) is 3.47. The second kappa shape index (κ2) is 5.28. The molecule has 7 heteroatoms. The predicted molar refractivity (Wildman–Crippen MR) is 71.7 cm³/mol. The minimum Gasteiger partial charge on any atom is -0.481 e. The fourth-order valence-corrected chi connectivity index (χ4v) is 2.43. The zero-order valence-electron chi connectivity index (χ0n) is 10.9. The van der Waals surface area contributed by atoms with Crippen LogP contribution >= 0.6 is 0 Å². The van der Waals surface area contributed by atoms with Crippen LogP contribution in [-0.4, -0.2) is 43.9 Å². The van der Waals surface area contributed by atoms with Gasteiger partial charge in [-0.25, -0.2) is 14.6 Å². The molecule has 0 spiro atoms. The molecule has 0 saturated carbocycles. The summed E-state index contributed by atoms with van der Waals surface area (Å²) in [4.78, 5) is 21.5. The van der Waals surface area contributed by atoms with Gasteiger partial charge in [0.05, 0.1) is 5.92 Å². The van der Waals surface area contributed by atoms with Crippen LogP contribution in [0.2, 0.25) is 0 Å². The lowest BCUT2D eigenvalue weighted by Gasteiger charge is -2.31. The Bertz CT molecular complexity index is 599. The van der Waals surface area contributed by atoms with Crippen LogP contribution in [-0.2, 0) is 4.79 Å². The van der Waals surface area contributed by atoms with Gasteiger partial charge in [0.25, 0.3) is 0 Å². The molecule has 0 amide bonds. The summed E-state index contributed by atoms with van der Waals surface area (Å²) in [5.41, 5.74) is 0. The van der Waals surface area contributed by atoms with E-state index in [9.17, 15) is 4.79 Å². The van der Waals surface area contributed by atoms with E-state index in [-0.39, 0.29) is 5.92 Å². The number of hydrogen-bond acceptors (Lipinski definition) is 5. The number of aromatic nitrogens is 4. The van der Waals surface area contributed by atoms with Gasteiger partial charge in [-0.05, 0) is 18.9 Å². The first-order valence-electron chi connectivity index (χ1n) is 6.54. The normalized spacial score (nSPS) is 19.0. The number of anilines is 1. The van der Waals surface area contributed by atoms with Gasteiger partial charge in [0.15, 0.2) is 5.82 Å². The Morgan fingerprint density at radius 3 is 2.95 bits per heavy atom. The van der Waals surface area contributed by atoms with Crippen molar-refractivity contribution < 1.29 is 9.90 Å². The molecule has 7 nitrogen and oxygen atoms in total. The lowest BCUT2D eigenvalue weighted by Crippen LogP contribution is -2.39. The second-order valence-electron chi connectivity index (χ2n) is 4.81. The molecule has 1 fully saturated rings. The smallest absolute Gasteiger partial charge is 0.308 e. The summed E-state index contributed by atoms with van der Waals surface area (Å²) >= 11 is 0. The number of nitrogens with zero attached hydrogens (tertiary/aromatic N) is 5. The molecule has 1 aliphatic rings. The molecule has 0 bridgehead atoms. The molecular formula is C13H15N5O2. The van der Waals surface area contributed by atoms with Gasteiger partial charge in [-0.1, -0.05) is 0 Å². The maximum atomic E-state index is 11.1. The summed E-state index contributed by atoms with van der Waals surface area (Å²) < 4.78 is 1.66. The number of carboxylic acid groups (broad SMARTS) is 1. The fourth-order valence-electron chi connectivity index (χ4n) is 2.43. The Hall–Kier alpha value is -2.44. The monoisotopic (exact) mass is 273 g/mol. The number of rotatable bonds is 3. The molecule has 0 aromatic carbocycles. The predicted octanol–water partition coefficient (Wildman–Crippen LogP) is 0.963. The number of aliphatic carboxylic acids is 1. The third-order valence-corrected chi connectivity index (χ3v) is 3.47. The Kier molecular flexibility index (Phi) is 3.32. The van der Waals surface area contributed by atoms with Crippen molar-refractivity contribution in [2.24, 2.45) is 5.92 Å². The van der Waals surface area contributed by atoms with Gasteiger partial charge >= 0.3 is 5.97 Å². The number of carboxylic acids is 1. The maximum absolute atomic E-state index is 11.1. The minimum atomic E-state index is -0.740. The summed E-state index contributed by atoms with van der Waals surface area (Å²) in [7, 11) is 0. The van der Waals surface area contributed by atoms with Crippen molar-refractivity contribution in [1.82, 2.24) is 19.7 Å². The molecule has 1 N–H and O–H groups in total. The minimum absolute atomic E-state index is 0.327. The quantitative estimate of drug-likeness (QED) is 0.896. The highest BCUT2D eigenvalue weighted by Gasteiger charge is 2.26. The molecule has 0 radical (unpaired) electrons. The van der Waals surface area contributed by atoms with Crippen LogP contribution in [0.3, 0.4) is 0 Å². The van der Waals surface area contributed by atoms with Crippen molar-refractivity contribution >= 4 is 11.8 Å². The van der Waals surface area contributed by atoms with Crippen LogP contribution in [0, 0.1) is 5.92 Å². The van der Waals surface area contributed by atoms with Crippen LogP contribution in [0.15, 0.2) is 30.9 Å². The molecule has 1 saturated heterocycles. The van der Waals surface area contributed by atoms with Crippen molar-refractivity contribution in [3.63, 3.8) is 0 Å². The highest BCUT2D eigenvalue weighted by atomic mass is 16.4. The van der Waals surface area contributed by atoms with Gasteiger partial charge in [0.1, 0.15) is 12.1 Å². The Balaban J connectivity index is 1.83. The van der Waals surface area contributed by atoms with E-state index >= 15 is 0 Å². The van der Waals surface area contributed by atoms with E-state index in [1.807, 2.05) is 23.2 Å². The fraction of sp³-hybridized carbons (Fsp3) is 0.385. The van der Waals surface area contributed by atoms with Crippen molar-refractivity contribution in [3.8, 4) is 5.82 Å². The Labute approximate surface area is 115 Å². The van der Waals surface area contributed by atoms with Gasteiger partial charge in [0, 0.05) is 31.5 Å². The van der Waals surface area contributed by atoms with Crippen molar-refractivity contribution in [2.45, 2.75) is 12.8 Å². The molecule has 3 rings (SSSR count). The Morgan fingerprint density at radius 1 is 1.35 bits per heavy atom. The van der Waals surface area contributed by atoms with Crippen molar-refractivity contribution in [1.29, 1.82) is 0 Å². The van der Waals surface area contributed by atoms with Crippen LogP contribution < -0.4 is 4.90 Å². The molecule has 2 aromatic heterocycles. The van der Waals surface area contributed by atoms with Gasteiger partial charge in [-0.2, -0.15) is 5.10 Å². The van der Waals surface area contributed by atoms with E-state index < -0.39 is 5.97 Å². The van der Waals surface area contributed by atoms with Gasteiger partial charge < -0.3 is 10.0 Å². The molecule has 1 unspecified atom stereocenters. The van der Waals surface area contributed by atoms with Crippen molar-refractivity contribution in [2.75, 3.05) is 18.0 Å². The molecule has 104 valence electrons. The van der Waals surface area contributed by atoms with E-state index in [0.717, 1.165) is 25.2 Å². The van der Waals surface area contributed by atoms with Gasteiger partial charge in [0.2, 0.25) is 0 Å². The van der Waals surface area contributed by atoms with Crippen molar-refractivity contribution in [3.05, 3.63) is 30.9 Å². The van der Waals surface area contributed by atoms with Gasteiger partial charge in [-0.3, -0.25) is 4.79 Å². The summed E-state index contributed by atoms with van der Waals surface area (Å²) in [5.74, 6) is 0.358. The zero-order valence-corrected chi connectivity index (χ0v) is 10.9. The highest BCUT2D eigenvalue weighted by Crippen LogP contribution is 2.22. The van der Waals surface area contributed by atoms with Crippen LogP contribution in [0.25, 0.3) is 5.82 Å². The lowest BCUT2D eigenvalue weighted by atomic mass is 9.98. The van der Waals surface area contributed by atoms with E-state index in [0.29, 0.717) is 12.4 Å². The molecule has 1 atom stereocenters. The molecule has 1 aliphatic heterocycles. The summed E-state index contributed by atoms with van der Waals surface area (Å²) in [6, 6.07) is 3.65. The number of hydrogen-bond donors (Lipinski definition) is 1. The molecule has 2 aromatic rings. The SMILES string of the molecule is O=C(O)C1CCCN(c2cc(-n3cccn3)ncn2)C1. The first-order valence-corrected chi connectivity index (χ1v) is 6.54. The summed E-state index contributed by atoms with van der Waals surface area (Å²) in [5, 5.41) is 13.3. The first-order chi connectivity index (χ1) is 9.74. The molecular weight excluding hydrogens is 258 g/mol. The standard InChI is InChI=1S/C13H15N5O2/c19-13(20)10-3-1-5-17(8-10)11-7-12(15-9-14-11)18-6-2-4-16-18/h2,4,6-7,9-10H,1,3,5,8H2,(H,19,20). The highest BCUT2D eigenvalue weighted by molar-refractivity contribution is 5.71. The average molecular weight is 273 g/mol. The van der Waals surface area contributed by atoms with E-state index in [4.69, 9.17) is 5.11 Å². The second-order valence-corrected chi connectivity index (χ2v) is 4.81. The largest absolute Gasteiger partial charge is 0.481 e. The van der Waals surface area contributed by atoms with Crippen LogP contribution in [0.1, 0.15) is 12.8 Å². The van der Waals surface area contributed by atoms with E-state index in [1.165, 1.54) is 6.33 Å². The third kappa shape index (κ3) is 2.47. The summed E-state index contributed by atoms with van der Waals surface area (Å²) in [6.07, 6.45) is 6.56. The average Bonchev–Trinajstić information content (AvgIpc) is 3.02. The number of piperidine rings is 1. The topological polar surface area (TPSA) is 84.1 Å². The number of carbonyl (C=O) groups is 1.